The van der Waals surface area contributed by atoms with E-state index >= 15 is 0 Å². The summed E-state index contributed by atoms with van der Waals surface area (Å²) in [6.07, 6.45) is -9.55. The Morgan fingerprint density at radius 3 is 2.03 bits per heavy atom. The number of aromatic nitrogens is 1. The van der Waals surface area contributed by atoms with Crippen LogP contribution in [0.25, 0.3) is 33.2 Å². The number of hydrogen-bond donors (Lipinski definition) is 0. The molecule has 0 N–H and O–H groups in total. The van der Waals surface area contributed by atoms with Crippen LogP contribution in [0.5, 0.6) is 0 Å². The van der Waals surface area contributed by atoms with Gasteiger partial charge in [0.05, 0.1) is 0 Å². The van der Waals surface area contributed by atoms with Crippen LogP contribution in [-0.4, -0.2) is 17.3 Å². The summed E-state index contributed by atoms with van der Waals surface area (Å²) in [6, 6.07) is 18.6. The molecule has 1 aliphatic rings. The predicted octanol–water partition coefficient (Wildman–Crippen LogP) is 7.09. The number of nitrogens with zero attached hydrogens (tertiary/aromatic N) is 1. The monoisotopic (exact) mass is 621 g/mol. The predicted molar refractivity (Wildman–Crippen MR) is 104 cm³/mol. The summed E-state index contributed by atoms with van der Waals surface area (Å²) in [5, 5.41) is 1.72. The maximum Gasteiger partial charge on any atom is 0.403 e. The molecule has 1 heterocycles. The van der Waals surface area contributed by atoms with Crippen LogP contribution in [0.2, 0.25) is 0 Å². The van der Waals surface area contributed by atoms with Crippen molar-refractivity contribution in [1.29, 1.82) is 0 Å². The molecule has 1 radical (unpaired) electrons. The van der Waals surface area contributed by atoms with Crippen LogP contribution < -0.4 is 0 Å². The molecule has 1 nitrogen and oxygen atoms in total. The van der Waals surface area contributed by atoms with E-state index in [1.54, 1.807) is 12.3 Å². The molecular weight excluding hydrogens is 608 g/mol. The van der Waals surface area contributed by atoms with Gasteiger partial charge in [-0.05, 0) is 27.6 Å². The zero-order valence-electron chi connectivity index (χ0n) is 16.0. The van der Waals surface area contributed by atoms with Crippen LogP contribution in [-0.2, 0) is 25.5 Å². The summed E-state index contributed by atoms with van der Waals surface area (Å²) in [5.74, 6) is 0. The number of fused-ring (bicyclic) bond motifs is 4. The van der Waals surface area contributed by atoms with Crippen molar-refractivity contribution < 1.29 is 46.4 Å². The Kier molecular flexibility index (Phi) is 5.22. The Balaban J connectivity index is 0.00000245. The maximum atomic E-state index is 14.1. The SMILES string of the molecule is FC(F)(F)C1(C(F)(F)F)c2c[c-]c(-c3cc4ccccc4cn3)cc2-c2ccccc21.[Ir]. The van der Waals surface area contributed by atoms with Crippen LogP contribution in [0, 0.1) is 6.07 Å². The Morgan fingerprint density at radius 1 is 0.719 bits per heavy atom. The van der Waals surface area contributed by atoms with Crippen LogP contribution in [0.1, 0.15) is 11.1 Å². The molecule has 32 heavy (non-hydrogen) atoms. The van der Waals surface area contributed by atoms with Crippen molar-refractivity contribution in [3.8, 4) is 22.4 Å². The Hall–Kier alpha value is -2.70. The Bertz CT molecular complexity index is 1310. The quantitative estimate of drug-likeness (QED) is 0.164. The fraction of sp³-hybridized carbons (Fsp3) is 0.125. The van der Waals surface area contributed by atoms with E-state index < -0.39 is 28.9 Å². The Labute approximate surface area is 192 Å². The summed E-state index contributed by atoms with van der Waals surface area (Å²) >= 11 is 0. The van der Waals surface area contributed by atoms with Gasteiger partial charge in [0.25, 0.3) is 0 Å². The fourth-order valence-electron chi connectivity index (χ4n) is 4.36. The van der Waals surface area contributed by atoms with Gasteiger partial charge in [0.1, 0.15) is 0 Å². The molecule has 3 aromatic carbocycles. The van der Waals surface area contributed by atoms with E-state index in [1.807, 2.05) is 24.3 Å². The summed E-state index contributed by atoms with van der Waals surface area (Å²) in [6.45, 7) is 0. The van der Waals surface area contributed by atoms with Gasteiger partial charge in [-0.1, -0.05) is 65.7 Å². The second-order valence-corrected chi connectivity index (χ2v) is 7.38. The number of rotatable bonds is 1. The van der Waals surface area contributed by atoms with E-state index in [2.05, 4.69) is 11.1 Å². The van der Waals surface area contributed by atoms with Crippen molar-refractivity contribution in [2.24, 2.45) is 0 Å². The minimum atomic E-state index is -5.58. The summed E-state index contributed by atoms with van der Waals surface area (Å²) in [5.41, 5.74) is -5.26. The molecule has 5 rings (SSSR count). The molecule has 0 saturated heterocycles. The zero-order valence-corrected chi connectivity index (χ0v) is 18.4. The van der Waals surface area contributed by atoms with E-state index in [-0.39, 0.29) is 31.2 Å². The number of benzene rings is 3. The van der Waals surface area contributed by atoms with Gasteiger partial charge in [-0.25, -0.2) is 0 Å². The first kappa shape index (κ1) is 22.5. The van der Waals surface area contributed by atoms with Gasteiger partial charge >= 0.3 is 12.4 Å². The first-order valence-corrected chi connectivity index (χ1v) is 9.29. The zero-order chi connectivity index (χ0) is 22.0. The molecule has 0 fully saturated rings. The van der Waals surface area contributed by atoms with Gasteiger partial charge < -0.3 is 4.98 Å². The molecule has 0 atom stereocenters. The molecule has 0 unspecified atom stereocenters. The molecule has 1 aliphatic carbocycles. The second kappa shape index (κ2) is 7.42. The first-order chi connectivity index (χ1) is 14.6. The molecule has 0 bridgehead atoms. The second-order valence-electron chi connectivity index (χ2n) is 7.38. The molecule has 1 aromatic heterocycles. The van der Waals surface area contributed by atoms with Gasteiger partial charge in [-0.2, -0.15) is 26.3 Å². The summed E-state index contributed by atoms with van der Waals surface area (Å²) < 4.78 is 84.7. The van der Waals surface area contributed by atoms with Gasteiger partial charge in [0, 0.05) is 26.3 Å². The smallest absolute Gasteiger partial charge is 0.304 e. The summed E-state index contributed by atoms with van der Waals surface area (Å²) in [7, 11) is 0. The van der Waals surface area contributed by atoms with E-state index in [1.165, 1.54) is 24.3 Å². The molecule has 165 valence electrons. The molecule has 0 aliphatic heterocycles. The fourth-order valence-corrected chi connectivity index (χ4v) is 4.36. The van der Waals surface area contributed by atoms with Crippen molar-refractivity contribution in [3.63, 3.8) is 0 Å². The number of alkyl halides is 6. The van der Waals surface area contributed by atoms with E-state index in [4.69, 9.17) is 0 Å². The van der Waals surface area contributed by atoms with Crippen molar-refractivity contribution in [1.82, 2.24) is 4.98 Å². The van der Waals surface area contributed by atoms with Gasteiger partial charge in [0.15, 0.2) is 5.41 Å². The van der Waals surface area contributed by atoms with Gasteiger partial charge in [0.2, 0.25) is 0 Å². The largest absolute Gasteiger partial charge is 0.403 e. The molecule has 8 heteroatoms. The van der Waals surface area contributed by atoms with Crippen molar-refractivity contribution in [2.75, 3.05) is 0 Å². The molecule has 0 spiro atoms. The topological polar surface area (TPSA) is 12.9 Å². The van der Waals surface area contributed by atoms with Crippen molar-refractivity contribution in [2.45, 2.75) is 17.8 Å². The Morgan fingerprint density at radius 2 is 1.34 bits per heavy atom. The maximum absolute atomic E-state index is 14.1. The molecular formula is C24H12F6IrN-. The minimum Gasteiger partial charge on any atom is -0.304 e. The summed E-state index contributed by atoms with van der Waals surface area (Å²) in [4.78, 5) is 4.32. The van der Waals surface area contributed by atoms with Gasteiger partial charge in [-0.15, -0.1) is 23.8 Å². The minimum absolute atomic E-state index is 0. The van der Waals surface area contributed by atoms with Crippen LogP contribution >= 0.6 is 0 Å². The van der Waals surface area contributed by atoms with Crippen LogP contribution in [0.4, 0.5) is 26.3 Å². The van der Waals surface area contributed by atoms with E-state index in [0.29, 0.717) is 11.3 Å². The van der Waals surface area contributed by atoms with Gasteiger partial charge in [-0.3, -0.25) is 0 Å². The number of hydrogen-bond acceptors (Lipinski definition) is 1. The third-order valence-electron chi connectivity index (χ3n) is 5.73. The third-order valence-corrected chi connectivity index (χ3v) is 5.73. The van der Waals surface area contributed by atoms with Crippen molar-refractivity contribution in [3.05, 3.63) is 90.1 Å². The van der Waals surface area contributed by atoms with Crippen LogP contribution in [0.15, 0.2) is 72.9 Å². The number of halogens is 6. The molecule has 4 aromatic rings. The third kappa shape index (κ3) is 3.00. The van der Waals surface area contributed by atoms with E-state index in [0.717, 1.165) is 22.9 Å². The number of pyridine rings is 1. The average molecular weight is 621 g/mol. The average Bonchev–Trinajstić information content (AvgIpc) is 3.04. The standard InChI is InChI=1S/C24H12F6N.Ir/c25-23(26,27)22(24(28,29)30)19-8-4-3-7-17(19)18-11-15(9-10-20(18)22)21-12-14-5-1-2-6-16(14)13-31-21;/h1-8,10-13H;/q-1;. The first-order valence-electron chi connectivity index (χ1n) is 9.29. The van der Waals surface area contributed by atoms with Crippen molar-refractivity contribution >= 4 is 10.8 Å². The van der Waals surface area contributed by atoms with E-state index in [9.17, 15) is 26.3 Å². The molecule has 0 amide bonds. The normalized spacial score (nSPS) is 14.6. The molecule has 0 saturated carbocycles. The van der Waals surface area contributed by atoms with Crippen LogP contribution in [0.3, 0.4) is 0 Å².